The molecule has 1 saturated heterocycles. The van der Waals surface area contributed by atoms with E-state index in [0.29, 0.717) is 19.0 Å². The minimum absolute atomic E-state index is 0.154. The van der Waals surface area contributed by atoms with E-state index in [9.17, 15) is 9.18 Å². The maximum Gasteiger partial charge on any atom is 0.256 e. The van der Waals surface area contributed by atoms with E-state index in [4.69, 9.17) is 0 Å². The highest BCUT2D eigenvalue weighted by Gasteiger charge is 2.25. The minimum atomic E-state index is -0.454. The monoisotopic (exact) mass is 375 g/mol. The van der Waals surface area contributed by atoms with Gasteiger partial charge in [0.2, 0.25) is 0 Å². The number of hydrogen-bond donors (Lipinski definition) is 0. The zero-order valence-electron chi connectivity index (χ0n) is 12.8. The van der Waals surface area contributed by atoms with Gasteiger partial charge in [-0.1, -0.05) is 46.3 Å². The van der Waals surface area contributed by atoms with Crippen LogP contribution in [-0.4, -0.2) is 23.9 Å². The van der Waals surface area contributed by atoms with Crippen molar-refractivity contribution in [2.45, 2.75) is 19.3 Å². The molecule has 0 radical (unpaired) electrons. The van der Waals surface area contributed by atoms with Crippen molar-refractivity contribution in [3.05, 3.63) is 69.9 Å². The predicted molar refractivity (Wildman–Crippen MR) is 92.9 cm³/mol. The Kier molecular flexibility index (Phi) is 5.11. The topological polar surface area (TPSA) is 20.3 Å². The smallest absolute Gasteiger partial charge is 0.256 e. The number of likely N-dealkylation sites (tertiary alicyclic amines) is 1. The van der Waals surface area contributed by atoms with Gasteiger partial charge < -0.3 is 4.90 Å². The Morgan fingerprint density at radius 1 is 1.13 bits per heavy atom. The third-order valence-corrected chi connectivity index (χ3v) is 4.92. The molecule has 2 nitrogen and oxygen atoms in total. The molecule has 1 heterocycles. The zero-order valence-corrected chi connectivity index (χ0v) is 14.4. The van der Waals surface area contributed by atoms with Crippen LogP contribution in [0.5, 0.6) is 0 Å². The second kappa shape index (κ2) is 7.26. The largest absolute Gasteiger partial charge is 0.339 e. The van der Waals surface area contributed by atoms with Gasteiger partial charge in [-0.15, -0.1) is 0 Å². The normalized spacial score (nSPS) is 15.7. The predicted octanol–water partition coefficient (Wildman–Crippen LogP) is 4.68. The molecule has 3 rings (SSSR count). The number of hydrogen-bond acceptors (Lipinski definition) is 1. The number of carbonyl (C=O) groups is 1. The van der Waals surface area contributed by atoms with Crippen molar-refractivity contribution in [3.8, 4) is 0 Å². The molecule has 1 aliphatic rings. The molecule has 0 aliphatic carbocycles. The molecule has 1 amide bonds. The van der Waals surface area contributed by atoms with E-state index in [1.807, 2.05) is 6.07 Å². The van der Waals surface area contributed by atoms with Crippen molar-refractivity contribution in [1.29, 1.82) is 0 Å². The lowest BCUT2D eigenvalue weighted by atomic mass is 9.90. The molecule has 0 unspecified atom stereocenters. The number of carbonyl (C=O) groups excluding carboxylic acids is 1. The highest BCUT2D eigenvalue weighted by molar-refractivity contribution is 9.10. The van der Waals surface area contributed by atoms with Gasteiger partial charge in [-0.25, -0.2) is 4.39 Å². The Morgan fingerprint density at radius 3 is 2.52 bits per heavy atom. The average molecular weight is 376 g/mol. The molecular weight excluding hydrogens is 357 g/mol. The summed E-state index contributed by atoms with van der Waals surface area (Å²) in [4.78, 5) is 14.3. The molecule has 0 saturated carbocycles. The van der Waals surface area contributed by atoms with Crippen LogP contribution in [0.3, 0.4) is 0 Å². The molecule has 120 valence electrons. The molecule has 4 heteroatoms. The van der Waals surface area contributed by atoms with Gasteiger partial charge in [0.25, 0.3) is 5.91 Å². The molecule has 0 aromatic heterocycles. The second-order valence-electron chi connectivity index (χ2n) is 6.05. The van der Waals surface area contributed by atoms with Crippen LogP contribution in [0.15, 0.2) is 53.0 Å². The SMILES string of the molecule is O=C(c1cc(Br)ccc1F)N1CCC(Cc2ccccc2)CC1. The lowest BCUT2D eigenvalue weighted by molar-refractivity contribution is 0.0686. The fraction of sp³-hybridized carbons (Fsp3) is 0.316. The third kappa shape index (κ3) is 3.99. The van der Waals surface area contributed by atoms with E-state index in [2.05, 4.69) is 40.2 Å². The number of rotatable bonds is 3. The summed E-state index contributed by atoms with van der Waals surface area (Å²) in [7, 11) is 0. The average Bonchev–Trinajstić information content (AvgIpc) is 2.58. The molecule has 1 aliphatic heterocycles. The number of halogens is 2. The molecule has 1 fully saturated rings. The maximum atomic E-state index is 13.9. The van der Waals surface area contributed by atoms with Gasteiger partial charge in [0.15, 0.2) is 0 Å². The quantitative estimate of drug-likeness (QED) is 0.762. The van der Waals surface area contributed by atoms with Gasteiger partial charge in [0, 0.05) is 17.6 Å². The standard InChI is InChI=1S/C19H19BrFNO/c20-16-6-7-18(21)17(13-16)19(23)22-10-8-15(9-11-22)12-14-4-2-1-3-5-14/h1-7,13,15H,8-12H2. The van der Waals surface area contributed by atoms with Crippen LogP contribution in [0, 0.1) is 11.7 Å². The van der Waals surface area contributed by atoms with Crippen molar-refractivity contribution in [2.24, 2.45) is 5.92 Å². The van der Waals surface area contributed by atoms with Crippen molar-refractivity contribution in [2.75, 3.05) is 13.1 Å². The Balaban J connectivity index is 1.60. The Bertz CT molecular complexity index is 681. The first-order chi connectivity index (χ1) is 11.1. The summed E-state index contributed by atoms with van der Waals surface area (Å²) in [6, 6.07) is 14.9. The van der Waals surface area contributed by atoms with E-state index in [-0.39, 0.29) is 11.5 Å². The maximum absolute atomic E-state index is 13.9. The summed E-state index contributed by atoms with van der Waals surface area (Å²) in [5.41, 5.74) is 1.50. The van der Waals surface area contributed by atoms with E-state index >= 15 is 0 Å². The Morgan fingerprint density at radius 2 is 1.83 bits per heavy atom. The number of amides is 1. The molecule has 2 aromatic carbocycles. The van der Waals surface area contributed by atoms with Gasteiger partial charge in [-0.05, 0) is 48.9 Å². The highest BCUT2D eigenvalue weighted by Crippen LogP contribution is 2.24. The number of nitrogens with zero attached hydrogens (tertiary/aromatic N) is 1. The molecule has 2 aromatic rings. The summed E-state index contributed by atoms with van der Waals surface area (Å²) < 4.78 is 14.6. The van der Waals surface area contributed by atoms with Crippen molar-refractivity contribution in [3.63, 3.8) is 0 Å². The van der Waals surface area contributed by atoms with Crippen LogP contribution in [0.4, 0.5) is 4.39 Å². The lowest BCUT2D eigenvalue weighted by Gasteiger charge is -2.32. The van der Waals surface area contributed by atoms with Crippen LogP contribution in [-0.2, 0) is 6.42 Å². The van der Waals surface area contributed by atoms with Crippen molar-refractivity contribution < 1.29 is 9.18 Å². The Labute approximate surface area is 144 Å². The summed E-state index contributed by atoms with van der Waals surface area (Å²) in [6.07, 6.45) is 2.99. The molecule has 0 N–H and O–H groups in total. The molecule has 0 atom stereocenters. The zero-order chi connectivity index (χ0) is 16.2. The highest BCUT2D eigenvalue weighted by atomic mass is 79.9. The molecule has 0 bridgehead atoms. The first-order valence-electron chi connectivity index (χ1n) is 7.92. The van der Waals surface area contributed by atoms with Gasteiger partial charge in [-0.3, -0.25) is 4.79 Å². The fourth-order valence-corrected chi connectivity index (χ4v) is 3.48. The summed E-state index contributed by atoms with van der Waals surface area (Å²) in [6.45, 7) is 1.39. The third-order valence-electron chi connectivity index (χ3n) is 4.43. The van der Waals surface area contributed by atoms with Gasteiger partial charge in [-0.2, -0.15) is 0 Å². The first kappa shape index (κ1) is 16.2. The second-order valence-corrected chi connectivity index (χ2v) is 6.97. The molecule has 23 heavy (non-hydrogen) atoms. The fourth-order valence-electron chi connectivity index (χ4n) is 3.12. The van der Waals surface area contributed by atoms with Crippen LogP contribution in [0.1, 0.15) is 28.8 Å². The van der Waals surface area contributed by atoms with E-state index in [0.717, 1.165) is 23.7 Å². The van der Waals surface area contributed by atoms with Gasteiger partial charge in [0.05, 0.1) is 5.56 Å². The van der Waals surface area contributed by atoms with Crippen molar-refractivity contribution in [1.82, 2.24) is 4.90 Å². The molecule has 0 spiro atoms. The minimum Gasteiger partial charge on any atom is -0.339 e. The Hall–Kier alpha value is -1.68. The van der Waals surface area contributed by atoms with E-state index < -0.39 is 5.82 Å². The lowest BCUT2D eigenvalue weighted by Crippen LogP contribution is -2.39. The van der Waals surface area contributed by atoms with Crippen LogP contribution >= 0.6 is 15.9 Å². The van der Waals surface area contributed by atoms with Crippen molar-refractivity contribution >= 4 is 21.8 Å². The van der Waals surface area contributed by atoms with E-state index in [1.54, 1.807) is 17.0 Å². The summed E-state index contributed by atoms with van der Waals surface area (Å²) in [5.74, 6) is -0.0691. The van der Waals surface area contributed by atoms with Gasteiger partial charge in [0.1, 0.15) is 5.82 Å². The van der Waals surface area contributed by atoms with Crippen LogP contribution in [0.2, 0.25) is 0 Å². The van der Waals surface area contributed by atoms with Crippen LogP contribution < -0.4 is 0 Å². The first-order valence-corrected chi connectivity index (χ1v) is 8.71. The number of piperidine rings is 1. The molecular formula is C19H19BrFNO. The van der Waals surface area contributed by atoms with Crippen LogP contribution in [0.25, 0.3) is 0 Å². The summed E-state index contributed by atoms with van der Waals surface area (Å²) in [5, 5.41) is 0. The number of benzene rings is 2. The summed E-state index contributed by atoms with van der Waals surface area (Å²) >= 11 is 3.30. The van der Waals surface area contributed by atoms with Gasteiger partial charge >= 0.3 is 0 Å². The van der Waals surface area contributed by atoms with E-state index in [1.165, 1.54) is 11.6 Å².